The van der Waals surface area contributed by atoms with Gasteiger partial charge in [0.05, 0.1) is 16.8 Å². The van der Waals surface area contributed by atoms with Crippen LogP contribution in [0.2, 0.25) is 10.0 Å². The third-order valence-electron chi connectivity index (χ3n) is 6.12. The number of rotatable bonds is 8. The summed E-state index contributed by atoms with van der Waals surface area (Å²) in [4.78, 5) is 13.0. The molecule has 178 valence electrons. The number of aromatic nitrogens is 3. The van der Waals surface area contributed by atoms with Crippen molar-refractivity contribution in [2.75, 3.05) is 0 Å². The molecule has 1 aliphatic carbocycles. The molecular formula is C27H24Cl2N4OS. The molecule has 1 N–H and O–H groups in total. The number of halogens is 2. The number of nitrogens with one attached hydrogen (secondary N) is 1. The summed E-state index contributed by atoms with van der Waals surface area (Å²) in [5.41, 5.74) is 3.06. The van der Waals surface area contributed by atoms with Gasteiger partial charge in [-0.25, -0.2) is 0 Å². The van der Waals surface area contributed by atoms with Gasteiger partial charge in [0.1, 0.15) is 0 Å². The van der Waals surface area contributed by atoms with Crippen LogP contribution in [0.25, 0.3) is 5.69 Å². The molecule has 0 aliphatic heterocycles. The smallest absolute Gasteiger partial charge is 0.224 e. The summed E-state index contributed by atoms with van der Waals surface area (Å²) < 4.78 is 1.90. The quantitative estimate of drug-likeness (QED) is 0.257. The van der Waals surface area contributed by atoms with Crippen LogP contribution in [0.5, 0.6) is 0 Å². The lowest BCUT2D eigenvalue weighted by Gasteiger charge is -2.17. The highest BCUT2D eigenvalue weighted by molar-refractivity contribution is 7.98. The number of hydrogen-bond donors (Lipinski definition) is 1. The average molecular weight is 523 g/mol. The fourth-order valence-corrected chi connectivity index (χ4v) is 5.48. The van der Waals surface area contributed by atoms with E-state index in [0.717, 1.165) is 12.2 Å². The lowest BCUT2D eigenvalue weighted by atomic mass is 10.1. The van der Waals surface area contributed by atoms with Crippen molar-refractivity contribution in [3.8, 4) is 5.69 Å². The van der Waals surface area contributed by atoms with Gasteiger partial charge >= 0.3 is 0 Å². The molecule has 1 fully saturated rings. The summed E-state index contributed by atoms with van der Waals surface area (Å²) >= 11 is 14.4. The van der Waals surface area contributed by atoms with Gasteiger partial charge in [-0.2, -0.15) is 0 Å². The Morgan fingerprint density at radius 3 is 2.51 bits per heavy atom. The molecule has 0 saturated heterocycles. The van der Waals surface area contributed by atoms with Crippen LogP contribution in [-0.2, 0) is 10.5 Å². The molecule has 35 heavy (non-hydrogen) atoms. The van der Waals surface area contributed by atoms with E-state index in [-0.39, 0.29) is 23.8 Å². The first-order valence-corrected chi connectivity index (χ1v) is 13.2. The normalized spacial score (nSPS) is 17.7. The Bertz CT molecular complexity index is 1330. The Morgan fingerprint density at radius 1 is 1.06 bits per heavy atom. The second-order valence-corrected chi connectivity index (χ2v) is 10.4. The van der Waals surface area contributed by atoms with Crippen LogP contribution in [-0.4, -0.2) is 20.7 Å². The van der Waals surface area contributed by atoms with Crippen molar-refractivity contribution in [1.29, 1.82) is 0 Å². The standard InChI is InChI=1S/C27H24Cl2N4OS/c1-17(30-26(34)22-15-21(22)19-10-6-3-7-11-19)25-31-32-27(35-16-18-8-4-2-5-9-18)33(25)24-14-20(28)12-13-23(24)29/h2-14,17,21-22H,15-16H2,1H3,(H,30,34). The number of thioether (sulfide) groups is 1. The molecule has 1 aliphatic rings. The molecule has 3 atom stereocenters. The third kappa shape index (κ3) is 5.40. The molecule has 5 nitrogen and oxygen atoms in total. The molecule has 4 aromatic rings. The van der Waals surface area contributed by atoms with Gasteiger partial charge in [-0.3, -0.25) is 9.36 Å². The van der Waals surface area contributed by atoms with Gasteiger partial charge < -0.3 is 5.32 Å². The van der Waals surface area contributed by atoms with E-state index in [1.807, 2.05) is 47.9 Å². The summed E-state index contributed by atoms with van der Waals surface area (Å²) in [6.45, 7) is 1.92. The summed E-state index contributed by atoms with van der Waals surface area (Å²) in [7, 11) is 0. The third-order valence-corrected chi connectivity index (χ3v) is 7.67. The van der Waals surface area contributed by atoms with Gasteiger partial charge in [0.15, 0.2) is 11.0 Å². The Hall–Kier alpha value is -2.80. The molecule has 1 amide bonds. The van der Waals surface area contributed by atoms with E-state index in [1.54, 1.807) is 30.0 Å². The molecule has 1 heterocycles. The summed E-state index contributed by atoms with van der Waals surface area (Å²) in [5.74, 6) is 1.59. The molecule has 0 bridgehead atoms. The van der Waals surface area contributed by atoms with Crippen LogP contribution in [0.1, 0.15) is 42.3 Å². The van der Waals surface area contributed by atoms with E-state index in [0.29, 0.717) is 26.7 Å². The van der Waals surface area contributed by atoms with Gasteiger partial charge in [-0.15, -0.1) is 10.2 Å². The first-order chi connectivity index (χ1) is 17.0. The topological polar surface area (TPSA) is 59.8 Å². The van der Waals surface area contributed by atoms with Crippen molar-refractivity contribution in [3.05, 3.63) is 106 Å². The zero-order valence-electron chi connectivity index (χ0n) is 19.1. The molecule has 8 heteroatoms. The number of amides is 1. The molecule has 1 aromatic heterocycles. The minimum absolute atomic E-state index is 0.0246. The highest BCUT2D eigenvalue weighted by Crippen LogP contribution is 2.47. The van der Waals surface area contributed by atoms with Crippen molar-refractivity contribution >= 4 is 40.9 Å². The Morgan fingerprint density at radius 2 is 1.77 bits per heavy atom. The molecule has 0 radical (unpaired) electrons. The van der Waals surface area contributed by atoms with Crippen LogP contribution in [0.15, 0.2) is 84.0 Å². The first kappa shape index (κ1) is 23.9. The van der Waals surface area contributed by atoms with Crippen LogP contribution in [0.4, 0.5) is 0 Å². The van der Waals surface area contributed by atoms with Gasteiger partial charge in [0, 0.05) is 16.7 Å². The lowest BCUT2D eigenvalue weighted by molar-refractivity contribution is -0.123. The Labute approximate surface area is 218 Å². The maximum Gasteiger partial charge on any atom is 0.224 e. The number of carbonyl (C=O) groups is 1. The lowest BCUT2D eigenvalue weighted by Crippen LogP contribution is -2.30. The molecule has 3 aromatic carbocycles. The predicted octanol–water partition coefficient (Wildman–Crippen LogP) is 6.85. The minimum Gasteiger partial charge on any atom is -0.346 e. The van der Waals surface area contributed by atoms with Gasteiger partial charge in [-0.1, -0.05) is 95.6 Å². The Kier molecular flexibility index (Phi) is 7.14. The fraction of sp³-hybridized carbons (Fsp3) is 0.222. The molecule has 3 unspecified atom stereocenters. The van der Waals surface area contributed by atoms with Crippen LogP contribution in [0.3, 0.4) is 0 Å². The van der Waals surface area contributed by atoms with Gasteiger partial charge in [-0.05, 0) is 48.6 Å². The van der Waals surface area contributed by atoms with E-state index in [2.05, 4.69) is 39.8 Å². The molecule has 5 rings (SSSR count). The predicted molar refractivity (Wildman–Crippen MR) is 141 cm³/mol. The summed E-state index contributed by atoms with van der Waals surface area (Å²) in [6.07, 6.45) is 0.855. The van der Waals surface area contributed by atoms with Gasteiger partial charge in [0.25, 0.3) is 0 Å². The van der Waals surface area contributed by atoms with E-state index in [9.17, 15) is 4.79 Å². The SMILES string of the molecule is CC(NC(=O)C1CC1c1ccccc1)c1nnc(SCc2ccccc2)n1-c1cc(Cl)ccc1Cl. The Balaban J connectivity index is 1.39. The van der Waals surface area contributed by atoms with Crippen LogP contribution >= 0.6 is 35.0 Å². The number of carbonyl (C=O) groups excluding carboxylic acids is 1. The van der Waals surface area contributed by atoms with E-state index in [1.165, 1.54) is 11.1 Å². The van der Waals surface area contributed by atoms with Gasteiger partial charge in [0.2, 0.25) is 5.91 Å². The van der Waals surface area contributed by atoms with Crippen molar-refractivity contribution in [3.63, 3.8) is 0 Å². The van der Waals surface area contributed by atoms with Crippen LogP contribution < -0.4 is 5.32 Å². The second-order valence-electron chi connectivity index (χ2n) is 8.64. The maximum atomic E-state index is 13.0. The number of nitrogens with zero attached hydrogens (tertiary/aromatic N) is 3. The van der Waals surface area contributed by atoms with Crippen molar-refractivity contribution in [2.24, 2.45) is 5.92 Å². The maximum absolute atomic E-state index is 13.0. The largest absolute Gasteiger partial charge is 0.346 e. The van der Waals surface area contributed by atoms with E-state index in [4.69, 9.17) is 23.2 Å². The first-order valence-electron chi connectivity index (χ1n) is 11.4. The highest BCUT2D eigenvalue weighted by atomic mass is 35.5. The molecule has 1 saturated carbocycles. The minimum atomic E-state index is -0.367. The molecular weight excluding hydrogens is 499 g/mol. The second kappa shape index (κ2) is 10.4. The zero-order chi connectivity index (χ0) is 24.4. The summed E-state index contributed by atoms with van der Waals surface area (Å²) in [6, 6.07) is 25.3. The average Bonchev–Trinajstić information content (AvgIpc) is 3.58. The van der Waals surface area contributed by atoms with Crippen molar-refractivity contribution < 1.29 is 4.79 Å². The van der Waals surface area contributed by atoms with E-state index >= 15 is 0 Å². The highest BCUT2D eigenvalue weighted by Gasteiger charge is 2.44. The fourth-order valence-electron chi connectivity index (χ4n) is 4.20. The zero-order valence-corrected chi connectivity index (χ0v) is 21.4. The van der Waals surface area contributed by atoms with Crippen LogP contribution in [0, 0.1) is 5.92 Å². The van der Waals surface area contributed by atoms with Crippen molar-refractivity contribution in [1.82, 2.24) is 20.1 Å². The van der Waals surface area contributed by atoms with E-state index < -0.39 is 0 Å². The number of benzene rings is 3. The van der Waals surface area contributed by atoms with Crippen molar-refractivity contribution in [2.45, 2.75) is 36.2 Å². The monoisotopic (exact) mass is 522 g/mol. The number of hydrogen-bond acceptors (Lipinski definition) is 4. The molecule has 0 spiro atoms. The summed E-state index contributed by atoms with van der Waals surface area (Å²) in [5, 5.41) is 13.8.